The molecular weight excluding hydrogens is 246 g/mol. The molecule has 0 aliphatic heterocycles. The van der Waals surface area contributed by atoms with Crippen LogP contribution in [0.15, 0.2) is 17.5 Å². The van der Waals surface area contributed by atoms with Crippen LogP contribution < -0.4 is 0 Å². The molecule has 1 aromatic heterocycles. The molecule has 2 unspecified atom stereocenters. The van der Waals surface area contributed by atoms with E-state index in [0.717, 1.165) is 6.54 Å². The third-order valence-electron chi connectivity index (χ3n) is 3.22. The lowest BCUT2D eigenvalue weighted by Crippen LogP contribution is -2.39. The van der Waals surface area contributed by atoms with Gasteiger partial charge in [-0.15, -0.1) is 11.3 Å². The third kappa shape index (κ3) is 3.82. The summed E-state index contributed by atoms with van der Waals surface area (Å²) in [5.74, 6) is -0.255. The van der Waals surface area contributed by atoms with Gasteiger partial charge in [-0.3, -0.25) is 9.69 Å². The van der Waals surface area contributed by atoms with Crippen molar-refractivity contribution < 1.29 is 9.90 Å². The lowest BCUT2D eigenvalue weighted by atomic mass is 9.98. The lowest BCUT2D eigenvalue weighted by molar-refractivity contribution is -0.138. The van der Waals surface area contributed by atoms with Crippen LogP contribution >= 0.6 is 11.3 Å². The van der Waals surface area contributed by atoms with E-state index in [0.29, 0.717) is 12.0 Å². The maximum atomic E-state index is 10.9. The number of carboxylic acid groups (broad SMARTS) is 1. The van der Waals surface area contributed by atoms with Crippen LogP contribution in [0.5, 0.6) is 0 Å². The summed E-state index contributed by atoms with van der Waals surface area (Å²) in [4.78, 5) is 14.5. The average molecular weight is 269 g/mol. The molecule has 0 bridgehead atoms. The Morgan fingerprint density at radius 1 is 1.44 bits per heavy atom. The maximum absolute atomic E-state index is 10.9. The van der Waals surface area contributed by atoms with E-state index in [1.165, 1.54) is 4.88 Å². The normalized spacial score (nSPS) is 15.0. The molecule has 18 heavy (non-hydrogen) atoms. The molecule has 0 aromatic carbocycles. The number of nitrogens with zero attached hydrogens (tertiary/aromatic N) is 1. The number of carbonyl (C=O) groups is 1. The Morgan fingerprint density at radius 2 is 2.11 bits per heavy atom. The van der Waals surface area contributed by atoms with E-state index in [2.05, 4.69) is 43.2 Å². The van der Waals surface area contributed by atoms with Crippen LogP contribution in [-0.4, -0.2) is 28.6 Å². The first-order chi connectivity index (χ1) is 8.47. The standard InChI is InChI=1S/C14H23NO2S/c1-5-15(11(4)9-13(16)17)14(10(2)3)12-7-6-8-18-12/h6-8,10-11,14H,5,9H2,1-4H3,(H,16,17). The second-order valence-corrected chi connectivity index (χ2v) is 5.96. The van der Waals surface area contributed by atoms with Crippen molar-refractivity contribution in [1.29, 1.82) is 0 Å². The molecule has 0 amide bonds. The van der Waals surface area contributed by atoms with Crippen LogP contribution in [0.25, 0.3) is 0 Å². The van der Waals surface area contributed by atoms with Gasteiger partial charge in [-0.05, 0) is 30.8 Å². The van der Waals surface area contributed by atoms with Crippen molar-refractivity contribution in [2.75, 3.05) is 6.54 Å². The van der Waals surface area contributed by atoms with Gasteiger partial charge >= 0.3 is 5.97 Å². The Labute approximate surface area is 113 Å². The van der Waals surface area contributed by atoms with E-state index in [1.807, 2.05) is 6.92 Å². The molecule has 2 atom stereocenters. The predicted octanol–water partition coefficient (Wildman–Crippen LogP) is 3.63. The van der Waals surface area contributed by atoms with Crippen LogP contribution in [0.4, 0.5) is 0 Å². The molecule has 0 radical (unpaired) electrons. The van der Waals surface area contributed by atoms with E-state index < -0.39 is 5.97 Å². The fourth-order valence-electron chi connectivity index (χ4n) is 2.49. The highest BCUT2D eigenvalue weighted by molar-refractivity contribution is 7.10. The summed E-state index contributed by atoms with van der Waals surface area (Å²) in [6.45, 7) is 9.36. The van der Waals surface area contributed by atoms with Crippen LogP contribution in [-0.2, 0) is 4.79 Å². The van der Waals surface area contributed by atoms with Crippen molar-refractivity contribution in [3.63, 3.8) is 0 Å². The van der Waals surface area contributed by atoms with Gasteiger partial charge in [0.25, 0.3) is 0 Å². The monoisotopic (exact) mass is 269 g/mol. The smallest absolute Gasteiger partial charge is 0.304 e. The van der Waals surface area contributed by atoms with Gasteiger partial charge in [0.2, 0.25) is 0 Å². The zero-order valence-electron chi connectivity index (χ0n) is 11.6. The van der Waals surface area contributed by atoms with E-state index in [9.17, 15) is 4.79 Å². The second kappa shape index (κ2) is 6.90. The Hall–Kier alpha value is -0.870. The fraction of sp³-hybridized carbons (Fsp3) is 0.643. The molecular formula is C14H23NO2S. The summed E-state index contributed by atoms with van der Waals surface area (Å²) in [6, 6.07) is 4.57. The zero-order valence-corrected chi connectivity index (χ0v) is 12.4. The van der Waals surface area contributed by atoms with E-state index in [1.54, 1.807) is 11.3 Å². The molecule has 0 aliphatic carbocycles. The summed E-state index contributed by atoms with van der Waals surface area (Å²) >= 11 is 1.75. The first-order valence-electron chi connectivity index (χ1n) is 6.48. The summed E-state index contributed by atoms with van der Waals surface area (Å²) < 4.78 is 0. The number of rotatable bonds is 7. The first kappa shape index (κ1) is 15.2. The zero-order chi connectivity index (χ0) is 13.7. The largest absolute Gasteiger partial charge is 0.481 e. The maximum Gasteiger partial charge on any atom is 0.304 e. The minimum atomic E-state index is -0.727. The quantitative estimate of drug-likeness (QED) is 0.821. The number of hydrogen-bond donors (Lipinski definition) is 1. The van der Waals surface area contributed by atoms with Crippen LogP contribution in [0.2, 0.25) is 0 Å². The molecule has 0 saturated heterocycles. The molecule has 102 valence electrons. The number of carboxylic acids is 1. The van der Waals surface area contributed by atoms with E-state index >= 15 is 0 Å². The topological polar surface area (TPSA) is 40.5 Å². The summed E-state index contributed by atoms with van der Waals surface area (Å²) in [5, 5.41) is 11.0. The Morgan fingerprint density at radius 3 is 2.50 bits per heavy atom. The molecule has 1 rings (SSSR count). The Balaban J connectivity index is 2.91. The minimum absolute atomic E-state index is 0.0574. The van der Waals surface area contributed by atoms with Gasteiger partial charge in [0.15, 0.2) is 0 Å². The van der Waals surface area contributed by atoms with Gasteiger partial charge < -0.3 is 5.11 Å². The van der Waals surface area contributed by atoms with Gasteiger partial charge in [-0.25, -0.2) is 0 Å². The fourth-order valence-corrected chi connectivity index (χ4v) is 3.51. The Bertz CT molecular complexity index is 362. The Kier molecular flexibility index (Phi) is 5.82. The molecule has 0 fully saturated rings. The van der Waals surface area contributed by atoms with E-state index in [-0.39, 0.29) is 12.5 Å². The molecule has 4 heteroatoms. The average Bonchev–Trinajstić information content (AvgIpc) is 2.76. The minimum Gasteiger partial charge on any atom is -0.481 e. The van der Waals surface area contributed by atoms with Crippen LogP contribution in [0.1, 0.15) is 45.0 Å². The number of aliphatic carboxylic acids is 1. The number of thiophene rings is 1. The first-order valence-corrected chi connectivity index (χ1v) is 7.36. The van der Waals surface area contributed by atoms with Crippen molar-refractivity contribution in [3.8, 4) is 0 Å². The molecule has 1 N–H and O–H groups in total. The highest BCUT2D eigenvalue weighted by atomic mass is 32.1. The van der Waals surface area contributed by atoms with Crippen molar-refractivity contribution in [1.82, 2.24) is 4.90 Å². The van der Waals surface area contributed by atoms with Crippen molar-refractivity contribution in [2.24, 2.45) is 5.92 Å². The van der Waals surface area contributed by atoms with Crippen molar-refractivity contribution >= 4 is 17.3 Å². The van der Waals surface area contributed by atoms with Crippen molar-refractivity contribution in [2.45, 2.75) is 46.2 Å². The molecule has 1 aromatic rings. The molecule has 0 aliphatic rings. The highest BCUT2D eigenvalue weighted by Crippen LogP contribution is 2.33. The molecule has 3 nitrogen and oxygen atoms in total. The van der Waals surface area contributed by atoms with Gasteiger partial charge in [-0.1, -0.05) is 26.8 Å². The van der Waals surface area contributed by atoms with Gasteiger partial charge in [0.1, 0.15) is 0 Å². The molecule has 0 saturated carbocycles. The summed E-state index contributed by atoms with van der Waals surface area (Å²) in [5.41, 5.74) is 0. The molecule has 0 spiro atoms. The SMILES string of the molecule is CCN(C(C)CC(=O)O)C(c1cccs1)C(C)C. The number of hydrogen-bond acceptors (Lipinski definition) is 3. The van der Waals surface area contributed by atoms with Crippen molar-refractivity contribution in [3.05, 3.63) is 22.4 Å². The van der Waals surface area contributed by atoms with Gasteiger partial charge in [-0.2, -0.15) is 0 Å². The summed E-state index contributed by atoms with van der Waals surface area (Å²) in [6.07, 6.45) is 0.197. The predicted molar refractivity (Wildman–Crippen MR) is 76.0 cm³/mol. The van der Waals surface area contributed by atoms with Gasteiger partial charge in [0.05, 0.1) is 6.42 Å². The van der Waals surface area contributed by atoms with Crippen LogP contribution in [0, 0.1) is 5.92 Å². The highest BCUT2D eigenvalue weighted by Gasteiger charge is 2.28. The third-order valence-corrected chi connectivity index (χ3v) is 4.17. The molecule has 1 heterocycles. The van der Waals surface area contributed by atoms with E-state index in [4.69, 9.17) is 5.11 Å². The lowest BCUT2D eigenvalue weighted by Gasteiger charge is -2.37. The van der Waals surface area contributed by atoms with Gasteiger partial charge in [0, 0.05) is 17.0 Å². The second-order valence-electron chi connectivity index (χ2n) is 4.98. The van der Waals surface area contributed by atoms with Crippen LogP contribution in [0.3, 0.4) is 0 Å². The summed E-state index contributed by atoms with van der Waals surface area (Å²) in [7, 11) is 0.